The standard InChI is InChI=1S/C19H24N2O4S/c1-23-15-11-17(25-3)16(24-2)10-12(15)9-14-18(22)21(19(26)20-14)13-7-5-4-6-8-13/h9-11,13H,4-8H2,1-3H3,(H,20,26)/b14-9+. The molecule has 1 aromatic carbocycles. The molecule has 3 rings (SSSR count). The normalized spacial score (nSPS) is 19.7. The van der Waals surface area contributed by atoms with Crippen LogP contribution in [0.25, 0.3) is 6.08 Å². The molecule has 1 saturated heterocycles. The van der Waals surface area contributed by atoms with Gasteiger partial charge in [-0.05, 0) is 37.2 Å². The zero-order valence-electron chi connectivity index (χ0n) is 15.3. The minimum absolute atomic E-state index is 0.0845. The molecule has 1 aromatic rings. The highest BCUT2D eigenvalue weighted by Gasteiger charge is 2.36. The Labute approximate surface area is 159 Å². The van der Waals surface area contributed by atoms with Gasteiger partial charge >= 0.3 is 0 Å². The Hall–Kier alpha value is -2.28. The predicted octanol–water partition coefficient (Wildman–Crippen LogP) is 3.10. The van der Waals surface area contributed by atoms with E-state index in [1.807, 2.05) is 0 Å². The maximum Gasteiger partial charge on any atom is 0.276 e. The van der Waals surface area contributed by atoms with Crippen LogP contribution in [0.1, 0.15) is 37.7 Å². The first kappa shape index (κ1) is 18.5. The van der Waals surface area contributed by atoms with E-state index in [1.165, 1.54) is 6.42 Å². The summed E-state index contributed by atoms with van der Waals surface area (Å²) in [5.74, 6) is 1.64. The van der Waals surface area contributed by atoms with Gasteiger partial charge in [-0.25, -0.2) is 0 Å². The Balaban J connectivity index is 1.92. The Bertz CT molecular complexity index is 741. The van der Waals surface area contributed by atoms with E-state index < -0.39 is 0 Å². The summed E-state index contributed by atoms with van der Waals surface area (Å²) in [4.78, 5) is 14.6. The van der Waals surface area contributed by atoms with Crippen molar-refractivity contribution in [2.75, 3.05) is 21.3 Å². The van der Waals surface area contributed by atoms with Crippen molar-refractivity contribution in [2.24, 2.45) is 0 Å². The molecule has 0 atom stereocenters. The lowest BCUT2D eigenvalue weighted by molar-refractivity contribution is -0.124. The molecule has 6 nitrogen and oxygen atoms in total. The molecule has 7 heteroatoms. The van der Waals surface area contributed by atoms with Crippen LogP contribution in [-0.2, 0) is 4.79 Å². The summed E-state index contributed by atoms with van der Waals surface area (Å²) in [5, 5.41) is 3.54. The van der Waals surface area contributed by atoms with E-state index in [4.69, 9.17) is 26.4 Å². The number of carbonyl (C=O) groups is 1. The number of rotatable bonds is 5. The van der Waals surface area contributed by atoms with Gasteiger partial charge in [0.1, 0.15) is 11.4 Å². The Morgan fingerprint density at radius 3 is 2.27 bits per heavy atom. The van der Waals surface area contributed by atoms with E-state index in [-0.39, 0.29) is 11.9 Å². The van der Waals surface area contributed by atoms with Crippen LogP contribution in [0.2, 0.25) is 0 Å². The highest BCUT2D eigenvalue weighted by molar-refractivity contribution is 7.80. The molecule has 1 aliphatic carbocycles. The van der Waals surface area contributed by atoms with Gasteiger partial charge in [0.25, 0.3) is 5.91 Å². The molecule has 0 bridgehead atoms. The second kappa shape index (κ2) is 7.95. The van der Waals surface area contributed by atoms with E-state index in [0.29, 0.717) is 33.6 Å². The van der Waals surface area contributed by atoms with Gasteiger partial charge in [-0.1, -0.05) is 19.3 Å². The number of methoxy groups -OCH3 is 3. The molecule has 0 radical (unpaired) electrons. The van der Waals surface area contributed by atoms with Crippen molar-refractivity contribution in [3.63, 3.8) is 0 Å². The number of carbonyl (C=O) groups excluding carboxylic acids is 1. The van der Waals surface area contributed by atoms with Crippen LogP contribution >= 0.6 is 12.2 Å². The van der Waals surface area contributed by atoms with Crippen LogP contribution in [0.4, 0.5) is 0 Å². The summed E-state index contributed by atoms with van der Waals surface area (Å²) in [5.41, 5.74) is 1.17. The second-order valence-corrected chi connectivity index (χ2v) is 6.79. The van der Waals surface area contributed by atoms with Gasteiger partial charge in [-0.15, -0.1) is 0 Å². The number of nitrogens with one attached hydrogen (secondary N) is 1. The Morgan fingerprint density at radius 1 is 1.04 bits per heavy atom. The average Bonchev–Trinajstić information content (AvgIpc) is 2.95. The largest absolute Gasteiger partial charge is 0.496 e. The Kier molecular flexibility index (Phi) is 5.66. The predicted molar refractivity (Wildman–Crippen MR) is 104 cm³/mol. The first-order valence-corrected chi connectivity index (χ1v) is 9.16. The Morgan fingerprint density at radius 2 is 1.65 bits per heavy atom. The SMILES string of the molecule is COc1cc(OC)c(OC)cc1/C=C1/NC(=S)N(C2CCCCC2)C1=O. The summed E-state index contributed by atoms with van der Waals surface area (Å²) in [6.45, 7) is 0. The summed E-state index contributed by atoms with van der Waals surface area (Å²) >= 11 is 5.42. The molecule has 140 valence electrons. The fraction of sp³-hybridized carbons (Fsp3) is 0.474. The number of amides is 1. The molecule has 0 aromatic heterocycles. The van der Waals surface area contributed by atoms with Crippen molar-refractivity contribution in [3.05, 3.63) is 23.4 Å². The number of thiocarbonyl (C=S) groups is 1. The summed E-state index contributed by atoms with van der Waals surface area (Å²) in [6, 6.07) is 3.71. The third-order valence-corrected chi connectivity index (χ3v) is 5.18. The first-order valence-electron chi connectivity index (χ1n) is 8.75. The average molecular weight is 376 g/mol. The van der Waals surface area contributed by atoms with E-state index in [1.54, 1.807) is 44.4 Å². The van der Waals surface area contributed by atoms with Gasteiger partial charge in [0, 0.05) is 17.7 Å². The van der Waals surface area contributed by atoms with Gasteiger partial charge in [0.2, 0.25) is 0 Å². The van der Waals surface area contributed by atoms with Gasteiger partial charge in [-0.2, -0.15) is 0 Å². The smallest absolute Gasteiger partial charge is 0.276 e. The molecule has 1 saturated carbocycles. The number of benzene rings is 1. The molecule has 1 amide bonds. The molecule has 1 heterocycles. The highest BCUT2D eigenvalue weighted by atomic mass is 32.1. The maximum atomic E-state index is 12.9. The lowest BCUT2D eigenvalue weighted by Crippen LogP contribution is -2.41. The minimum atomic E-state index is -0.0845. The van der Waals surface area contributed by atoms with Gasteiger partial charge < -0.3 is 19.5 Å². The summed E-state index contributed by atoms with van der Waals surface area (Å²) in [7, 11) is 4.71. The van der Waals surface area contributed by atoms with E-state index in [0.717, 1.165) is 25.7 Å². The van der Waals surface area contributed by atoms with Gasteiger partial charge in [-0.3, -0.25) is 9.69 Å². The van der Waals surface area contributed by atoms with Crippen LogP contribution in [0.3, 0.4) is 0 Å². The number of ether oxygens (including phenoxy) is 3. The minimum Gasteiger partial charge on any atom is -0.496 e. The molecule has 26 heavy (non-hydrogen) atoms. The molecular weight excluding hydrogens is 352 g/mol. The molecule has 0 unspecified atom stereocenters. The van der Waals surface area contributed by atoms with Crippen molar-refractivity contribution < 1.29 is 19.0 Å². The van der Waals surface area contributed by atoms with Crippen molar-refractivity contribution in [1.29, 1.82) is 0 Å². The lowest BCUT2D eigenvalue weighted by atomic mass is 9.94. The van der Waals surface area contributed by atoms with Crippen molar-refractivity contribution in [3.8, 4) is 17.2 Å². The fourth-order valence-corrected chi connectivity index (χ4v) is 3.88. The van der Waals surface area contributed by atoms with Crippen molar-refractivity contribution in [1.82, 2.24) is 10.2 Å². The van der Waals surface area contributed by atoms with Crippen LogP contribution < -0.4 is 19.5 Å². The van der Waals surface area contributed by atoms with Crippen molar-refractivity contribution >= 4 is 29.3 Å². The summed E-state index contributed by atoms with van der Waals surface area (Å²) in [6.07, 6.45) is 7.25. The molecule has 1 aliphatic heterocycles. The zero-order valence-corrected chi connectivity index (χ0v) is 16.1. The number of hydrogen-bond acceptors (Lipinski definition) is 5. The van der Waals surface area contributed by atoms with E-state index >= 15 is 0 Å². The fourth-order valence-electron chi connectivity index (χ4n) is 3.54. The van der Waals surface area contributed by atoms with Crippen LogP contribution in [0.5, 0.6) is 17.2 Å². The molecule has 1 N–H and O–H groups in total. The number of hydrogen-bond donors (Lipinski definition) is 1. The molecule has 0 spiro atoms. The number of nitrogens with zero attached hydrogens (tertiary/aromatic N) is 1. The van der Waals surface area contributed by atoms with E-state index in [9.17, 15) is 4.79 Å². The molecule has 2 fully saturated rings. The monoisotopic (exact) mass is 376 g/mol. The van der Waals surface area contributed by atoms with E-state index in [2.05, 4.69) is 5.32 Å². The van der Waals surface area contributed by atoms with Crippen LogP contribution in [0.15, 0.2) is 17.8 Å². The quantitative estimate of drug-likeness (QED) is 0.629. The van der Waals surface area contributed by atoms with Gasteiger partial charge in [0.05, 0.1) is 21.3 Å². The maximum absolute atomic E-state index is 12.9. The first-order chi connectivity index (χ1) is 12.6. The molecular formula is C19H24N2O4S. The second-order valence-electron chi connectivity index (χ2n) is 6.40. The topological polar surface area (TPSA) is 60.0 Å². The van der Waals surface area contributed by atoms with Crippen molar-refractivity contribution in [2.45, 2.75) is 38.1 Å². The lowest BCUT2D eigenvalue weighted by Gasteiger charge is -2.29. The summed E-state index contributed by atoms with van der Waals surface area (Å²) < 4.78 is 16.1. The van der Waals surface area contributed by atoms with Crippen LogP contribution in [0, 0.1) is 0 Å². The highest BCUT2D eigenvalue weighted by Crippen LogP contribution is 2.36. The third kappa shape index (κ3) is 3.49. The van der Waals surface area contributed by atoms with Gasteiger partial charge in [0.15, 0.2) is 16.6 Å². The molecule has 2 aliphatic rings. The zero-order chi connectivity index (χ0) is 18.7. The van der Waals surface area contributed by atoms with Crippen LogP contribution in [-0.4, -0.2) is 43.3 Å². The third-order valence-electron chi connectivity index (χ3n) is 4.89.